The van der Waals surface area contributed by atoms with Crippen molar-refractivity contribution in [2.45, 2.75) is 31.8 Å². The summed E-state index contributed by atoms with van der Waals surface area (Å²) in [6, 6.07) is 9.58. The number of nitrogens with one attached hydrogen (secondary N) is 1. The van der Waals surface area contributed by atoms with Crippen LogP contribution in [0.3, 0.4) is 0 Å². The molecule has 0 amide bonds. The molecule has 1 aromatic carbocycles. The summed E-state index contributed by atoms with van der Waals surface area (Å²) in [7, 11) is 4.28. The summed E-state index contributed by atoms with van der Waals surface area (Å²) in [5, 5.41) is 3.48. The van der Waals surface area contributed by atoms with Gasteiger partial charge in [-0.15, -0.1) is 0 Å². The predicted octanol–water partition coefficient (Wildman–Crippen LogP) is 2.47. The number of anilines is 1. The fourth-order valence-electron chi connectivity index (χ4n) is 2.53. The third-order valence-electron chi connectivity index (χ3n) is 4.16. The number of fused-ring (bicyclic) bond motifs is 1. The van der Waals surface area contributed by atoms with Gasteiger partial charge in [-0.3, -0.25) is 4.90 Å². The molecular formula is C15H22N4. The van der Waals surface area contributed by atoms with Crippen LogP contribution in [-0.2, 0) is 7.05 Å². The number of hydrogen-bond donors (Lipinski definition) is 1. The first-order valence-electron chi connectivity index (χ1n) is 7.04. The molecule has 0 spiro atoms. The van der Waals surface area contributed by atoms with Crippen molar-refractivity contribution in [3.63, 3.8) is 0 Å². The van der Waals surface area contributed by atoms with E-state index in [2.05, 4.69) is 59.0 Å². The molecule has 1 aliphatic carbocycles. The smallest absolute Gasteiger partial charge is 0.203 e. The summed E-state index contributed by atoms with van der Waals surface area (Å²) in [5.74, 6) is 0.956. The minimum atomic E-state index is 0.535. The minimum Gasteiger partial charge on any atom is -0.354 e. The molecule has 4 heteroatoms. The lowest BCUT2D eigenvalue weighted by Crippen LogP contribution is -2.36. The molecule has 1 aromatic heterocycles. The van der Waals surface area contributed by atoms with Gasteiger partial charge in [0.2, 0.25) is 5.95 Å². The Morgan fingerprint density at radius 1 is 1.42 bits per heavy atom. The summed E-state index contributed by atoms with van der Waals surface area (Å²) < 4.78 is 2.12. The molecule has 0 saturated heterocycles. The molecule has 1 atom stereocenters. The fraction of sp³-hybridized carbons (Fsp3) is 0.533. The molecule has 1 fully saturated rings. The average molecular weight is 258 g/mol. The first-order valence-corrected chi connectivity index (χ1v) is 7.04. The Hall–Kier alpha value is -1.55. The van der Waals surface area contributed by atoms with Gasteiger partial charge >= 0.3 is 0 Å². The zero-order valence-electron chi connectivity index (χ0n) is 11.9. The van der Waals surface area contributed by atoms with Gasteiger partial charge in [-0.05, 0) is 38.9 Å². The molecule has 1 saturated carbocycles. The Morgan fingerprint density at radius 3 is 2.84 bits per heavy atom. The first kappa shape index (κ1) is 12.5. The van der Waals surface area contributed by atoms with Gasteiger partial charge in [0.15, 0.2) is 0 Å². The molecule has 19 heavy (non-hydrogen) atoms. The van der Waals surface area contributed by atoms with Gasteiger partial charge in [0.25, 0.3) is 0 Å². The second-order valence-electron chi connectivity index (χ2n) is 5.61. The van der Waals surface area contributed by atoms with Crippen LogP contribution in [0.5, 0.6) is 0 Å². The number of aromatic nitrogens is 2. The normalized spacial score (nSPS) is 17.1. The highest BCUT2D eigenvalue weighted by Crippen LogP contribution is 2.27. The maximum absolute atomic E-state index is 4.64. The van der Waals surface area contributed by atoms with E-state index in [-0.39, 0.29) is 0 Å². The first-order chi connectivity index (χ1) is 9.16. The standard InChI is InChI=1S/C15H22N4/c1-11(18(2)12-8-9-12)10-16-15-17-13-6-4-5-7-14(13)19(15)3/h4-7,11-12H,8-10H2,1-3H3,(H,16,17). The van der Waals surface area contributed by atoms with E-state index in [1.54, 1.807) is 0 Å². The number of hydrogen-bond acceptors (Lipinski definition) is 3. The molecular weight excluding hydrogens is 236 g/mol. The van der Waals surface area contributed by atoms with Crippen LogP contribution in [0.4, 0.5) is 5.95 Å². The number of rotatable bonds is 5. The van der Waals surface area contributed by atoms with Gasteiger partial charge < -0.3 is 9.88 Å². The van der Waals surface area contributed by atoms with E-state index in [9.17, 15) is 0 Å². The van der Waals surface area contributed by atoms with Crippen molar-refractivity contribution in [2.75, 3.05) is 18.9 Å². The van der Waals surface area contributed by atoms with Crippen molar-refractivity contribution < 1.29 is 0 Å². The molecule has 4 nitrogen and oxygen atoms in total. The number of para-hydroxylation sites is 2. The largest absolute Gasteiger partial charge is 0.354 e. The van der Waals surface area contributed by atoms with Gasteiger partial charge in [0, 0.05) is 25.7 Å². The summed E-state index contributed by atoms with van der Waals surface area (Å²) in [5.41, 5.74) is 2.23. The fourth-order valence-corrected chi connectivity index (χ4v) is 2.53. The Morgan fingerprint density at radius 2 is 2.16 bits per heavy atom. The molecule has 1 N–H and O–H groups in total. The highest BCUT2D eigenvalue weighted by atomic mass is 15.2. The predicted molar refractivity (Wildman–Crippen MR) is 79.5 cm³/mol. The Bertz CT molecular complexity index is 571. The molecule has 0 aliphatic heterocycles. The van der Waals surface area contributed by atoms with Crippen LogP contribution in [0.15, 0.2) is 24.3 Å². The van der Waals surface area contributed by atoms with Crippen LogP contribution in [0.25, 0.3) is 11.0 Å². The van der Waals surface area contributed by atoms with Gasteiger partial charge in [-0.25, -0.2) is 4.98 Å². The molecule has 1 aliphatic rings. The molecule has 0 radical (unpaired) electrons. The molecule has 3 rings (SSSR count). The summed E-state index contributed by atoms with van der Waals surface area (Å²) in [6.45, 7) is 3.21. The topological polar surface area (TPSA) is 33.1 Å². The highest BCUT2D eigenvalue weighted by molar-refractivity contribution is 5.78. The number of likely N-dealkylation sites (N-methyl/N-ethyl adjacent to an activating group) is 1. The van der Waals surface area contributed by atoms with Crippen molar-refractivity contribution in [3.8, 4) is 0 Å². The van der Waals surface area contributed by atoms with Crippen molar-refractivity contribution >= 4 is 17.0 Å². The molecule has 1 heterocycles. The van der Waals surface area contributed by atoms with E-state index in [4.69, 9.17) is 0 Å². The van der Waals surface area contributed by atoms with Crippen LogP contribution < -0.4 is 5.32 Å². The van der Waals surface area contributed by atoms with Crippen LogP contribution in [0, 0.1) is 0 Å². The van der Waals surface area contributed by atoms with E-state index in [1.807, 2.05) is 6.07 Å². The summed E-state index contributed by atoms with van der Waals surface area (Å²) in [4.78, 5) is 7.11. The molecule has 2 aromatic rings. The summed E-state index contributed by atoms with van der Waals surface area (Å²) >= 11 is 0. The van der Waals surface area contributed by atoms with Crippen molar-refractivity contribution in [3.05, 3.63) is 24.3 Å². The number of imidazole rings is 1. The quantitative estimate of drug-likeness (QED) is 0.894. The lowest BCUT2D eigenvalue weighted by atomic mass is 10.3. The second kappa shape index (κ2) is 4.85. The lowest BCUT2D eigenvalue weighted by Gasteiger charge is -2.24. The van der Waals surface area contributed by atoms with Crippen molar-refractivity contribution in [1.82, 2.24) is 14.5 Å². The van der Waals surface area contributed by atoms with E-state index < -0.39 is 0 Å². The maximum atomic E-state index is 4.64. The van der Waals surface area contributed by atoms with Gasteiger partial charge in [-0.2, -0.15) is 0 Å². The van der Waals surface area contributed by atoms with Gasteiger partial charge in [-0.1, -0.05) is 12.1 Å². The molecule has 102 valence electrons. The summed E-state index contributed by atoms with van der Waals surface area (Å²) in [6.07, 6.45) is 2.71. The zero-order chi connectivity index (χ0) is 13.4. The number of aryl methyl sites for hydroxylation is 1. The highest BCUT2D eigenvalue weighted by Gasteiger charge is 2.29. The number of benzene rings is 1. The zero-order valence-corrected chi connectivity index (χ0v) is 11.9. The second-order valence-corrected chi connectivity index (χ2v) is 5.61. The SMILES string of the molecule is CC(CNc1nc2ccccc2n1C)N(C)C1CC1. The maximum Gasteiger partial charge on any atom is 0.203 e. The van der Waals surface area contributed by atoms with Crippen LogP contribution in [0.2, 0.25) is 0 Å². The van der Waals surface area contributed by atoms with E-state index in [0.717, 1.165) is 24.1 Å². The monoisotopic (exact) mass is 258 g/mol. The van der Waals surface area contributed by atoms with Crippen LogP contribution >= 0.6 is 0 Å². The Balaban J connectivity index is 1.69. The minimum absolute atomic E-state index is 0.535. The van der Waals surface area contributed by atoms with E-state index in [0.29, 0.717) is 6.04 Å². The lowest BCUT2D eigenvalue weighted by molar-refractivity contribution is 0.257. The molecule has 0 bridgehead atoms. The third kappa shape index (κ3) is 2.45. The van der Waals surface area contributed by atoms with Crippen molar-refractivity contribution in [1.29, 1.82) is 0 Å². The van der Waals surface area contributed by atoms with Crippen LogP contribution in [0.1, 0.15) is 19.8 Å². The van der Waals surface area contributed by atoms with Crippen LogP contribution in [-0.4, -0.2) is 40.1 Å². The Kier molecular flexibility index (Phi) is 3.19. The average Bonchev–Trinajstić information content (AvgIpc) is 3.22. The van der Waals surface area contributed by atoms with Crippen molar-refractivity contribution in [2.24, 2.45) is 7.05 Å². The van der Waals surface area contributed by atoms with Gasteiger partial charge in [0.1, 0.15) is 0 Å². The Labute approximate surface area is 114 Å². The molecule has 1 unspecified atom stereocenters. The van der Waals surface area contributed by atoms with Gasteiger partial charge in [0.05, 0.1) is 11.0 Å². The van der Waals surface area contributed by atoms with E-state index in [1.165, 1.54) is 18.4 Å². The third-order valence-corrected chi connectivity index (χ3v) is 4.16. The number of nitrogens with zero attached hydrogens (tertiary/aromatic N) is 3. The van der Waals surface area contributed by atoms with E-state index >= 15 is 0 Å².